The molecule has 3 N–H and O–H groups in total. The summed E-state index contributed by atoms with van der Waals surface area (Å²) in [6.45, 7) is 0.451. The maximum absolute atomic E-state index is 11.1. The number of anilines is 1. The minimum atomic E-state index is -0.565. The monoisotopic (exact) mass is 284 g/mol. The molecule has 6 heteroatoms. The molecule has 0 atom stereocenters. The van der Waals surface area contributed by atoms with Gasteiger partial charge in [0.2, 0.25) is 5.91 Å². The predicted octanol–water partition coefficient (Wildman–Crippen LogP) is 3.30. The third-order valence-electron chi connectivity index (χ3n) is 2.33. The Morgan fingerprint density at radius 1 is 1.28 bits per heavy atom. The van der Waals surface area contributed by atoms with Gasteiger partial charge in [0, 0.05) is 5.69 Å². The fraction of sp³-hybridized carbons (Fsp3) is 0.0833. The predicted molar refractivity (Wildman–Crippen MR) is 71.0 cm³/mol. The van der Waals surface area contributed by atoms with E-state index in [4.69, 9.17) is 33.4 Å². The zero-order valence-corrected chi connectivity index (χ0v) is 10.8. The van der Waals surface area contributed by atoms with Gasteiger partial charge >= 0.3 is 0 Å². The molecule has 0 fully saturated rings. The average Bonchev–Trinajstić information content (AvgIpc) is 2.74. The van der Waals surface area contributed by atoms with E-state index in [2.05, 4.69) is 5.32 Å². The molecule has 0 radical (unpaired) electrons. The van der Waals surface area contributed by atoms with Crippen LogP contribution in [0.2, 0.25) is 10.2 Å². The number of primary amides is 1. The first-order valence-electron chi connectivity index (χ1n) is 5.13. The van der Waals surface area contributed by atoms with Crippen molar-refractivity contribution in [1.82, 2.24) is 0 Å². The van der Waals surface area contributed by atoms with Crippen molar-refractivity contribution in [2.45, 2.75) is 6.54 Å². The van der Waals surface area contributed by atoms with E-state index >= 15 is 0 Å². The molecule has 0 aliphatic rings. The van der Waals surface area contributed by atoms with Crippen LogP contribution in [0.4, 0.5) is 5.69 Å². The first-order valence-corrected chi connectivity index (χ1v) is 5.89. The van der Waals surface area contributed by atoms with Gasteiger partial charge in [-0.05, 0) is 41.9 Å². The highest BCUT2D eigenvalue weighted by atomic mass is 35.5. The van der Waals surface area contributed by atoms with Crippen molar-refractivity contribution in [2.75, 3.05) is 5.32 Å². The molecule has 1 amide bonds. The van der Waals surface area contributed by atoms with E-state index in [-0.39, 0.29) is 5.56 Å². The lowest BCUT2D eigenvalue weighted by molar-refractivity contribution is 0.100. The molecule has 4 nitrogen and oxygen atoms in total. The summed E-state index contributed by atoms with van der Waals surface area (Å²) in [5, 5.41) is 3.74. The first kappa shape index (κ1) is 12.8. The van der Waals surface area contributed by atoms with E-state index in [9.17, 15) is 4.79 Å². The molecular weight excluding hydrogens is 275 g/mol. The van der Waals surface area contributed by atoms with Crippen molar-refractivity contribution < 1.29 is 9.21 Å². The van der Waals surface area contributed by atoms with Crippen LogP contribution in [0.1, 0.15) is 16.1 Å². The van der Waals surface area contributed by atoms with Gasteiger partial charge in [-0.2, -0.15) is 0 Å². The summed E-state index contributed by atoms with van der Waals surface area (Å²) < 4.78 is 5.19. The van der Waals surface area contributed by atoms with Crippen LogP contribution in [0, 0.1) is 0 Å². The third kappa shape index (κ3) is 2.97. The number of hydrogen-bond donors (Lipinski definition) is 2. The highest BCUT2D eigenvalue weighted by molar-refractivity contribution is 6.33. The minimum Gasteiger partial charge on any atom is -0.448 e. The van der Waals surface area contributed by atoms with E-state index in [0.29, 0.717) is 22.5 Å². The topological polar surface area (TPSA) is 68.3 Å². The Labute approximate surface area is 114 Å². The van der Waals surface area contributed by atoms with Crippen LogP contribution < -0.4 is 11.1 Å². The molecule has 1 aromatic heterocycles. The number of furan rings is 1. The maximum atomic E-state index is 11.1. The normalized spacial score (nSPS) is 10.3. The van der Waals surface area contributed by atoms with Crippen molar-refractivity contribution in [2.24, 2.45) is 5.73 Å². The fourth-order valence-electron chi connectivity index (χ4n) is 1.46. The van der Waals surface area contributed by atoms with Crippen molar-refractivity contribution in [3.8, 4) is 0 Å². The van der Waals surface area contributed by atoms with Gasteiger partial charge < -0.3 is 15.5 Å². The number of carbonyl (C=O) groups excluding carboxylic acids is 1. The van der Waals surface area contributed by atoms with Gasteiger partial charge in [0.15, 0.2) is 5.22 Å². The van der Waals surface area contributed by atoms with Crippen LogP contribution in [0.15, 0.2) is 34.7 Å². The molecule has 0 saturated carbocycles. The van der Waals surface area contributed by atoms with E-state index in [0.717, 1.165) is 5.69 Å². The molecule has 0 spiro atoms. The molecule has 0 saturated heterocycles. The Morgan fingerprint density at radius 2 is 2.06 bits per heavy atom. The maximum Gasteiger partial charge on any atom is 0.250 e. The Hall–Kier alpha value is -1.65. The lowest BCUT2D eigenvalue weighted by atomic mass is 10.2. The number of hydrogen-bond acceptors (Lipinski definition) is 3. The molecule has 94 valence electrons. The average molecular weight is 285 g/mol. The Bertz CT molecular complexity index is 581. The molecule has 0 bridgehead atoms. The van der Waals surface area contributed by atoms with Gasteiger partial charge in [0.05, 0.1) is 17.1 Å². The summed E-state index contributed by atoms with van der Waals surface area (Å²) in [7, 11) is 0. The summed E-state index contributed by atoms with van der Waals surface area (Å²) in [5.74, 6) is 0.125. The van der Waals surface area contributed by atoms with E-state index in [1.165, 1.54) is 0 Å². The third-order valence-corrected chi connectivity index (χ3v) is 2.86. The van der Waals surface area contributed by atoms with Crippen LogP contribution in [-0.2, 0) is 6.54 Å². The van der Waals surface area contributed by atoms with Crippen LogP contribution in [0.25, 0.3) is 0 Å². The summed E-state index contributed by atoms with van der Waals surface area (Å²) in [6.07, 6.45) is 0. The van der Waals surface area contributed by atoms with E-state index < -0.39 is 5.91 Å². The number of rotatable bonds is 4. The smallest absolute Gasteiger partial charge is 0.250 e. The first-order chi connectivity index (χ1) is 8.56. The van der Waals surface area contributed by atoms with E-state index in [1.807, 2.05) is 0 Å². The number of nitrogens with two attached hydrogens (primary N) is 1. The molecular formula is C12H10Cl2N2O2. The Morgan fingerprint density at radius 3 is 2.67 bits per heavy atom. The lowest BCUT2D eigenvalue weighted by Crippen LogP contribution is -2.12. The summed E-state index contributed by atoms with van der Waals surface area (Å²) in [6, 6.07) is 8.38. The standard InChI is InChI=1S/C12H10Cl2N2O2/c13-10-3-1-7(5-9(10)12(15)17)16-6-8-2-4-11(14)18-8/h1-5,16H,6H2,(H2,15,17). The van der Waals surface area contributed by atoms with Crippen molar-refractivity contribution in [1.29, 1.82) is 0 Å². The second kappa shape index (κ2) is 5.33. The van der Waals surface area contributed by atoms with Crippen molar-refractivity contribution in [3.05, 3.63) is 51.9 Å². The molecule has 2 aromatic rings. The van der Waals surface area contributed by atoms with Crippen molar-refractivity contribution >= 4 is 34.8 Å². The van der Waals surface area contributed by atoms with Gasteiger partial charge in [0.25, 0.3) is 0 Å². The molecule has 1 aromatic carbocycles. The van der Waals surface area contributed by atoms with Gasteiger partial charge in [-0.3, -0.25) is 4.79 Å². The number of nitrogens with one attached hydrogen (secondary N) is 1. The van der Waals surface area contributed by atoms with Gasteiger partial charge in [-0.1, -0.05) is 11.6 Å². The fourth-order valence-corrected chi connectivity index (χ4v) is 1.83. The molecule has 18 heavy (non-hydrogen) atoms. The quantitative estimate of drug-likeness (QED) is 0.905. The molecule has 0 aliphatic heterocycles. The van der Waals surface area contributed by atoms with Crippen molar-refractivity contribution in [3.63, 3.8) is 0 Å². The van der Waals surface area contributed by atoms with Gasteiger partial charge in [-0.15, -0.1) is 0 Å². The number of benzene rings is 1. The van der Waals surface area contributed by atoms with Crippen LogP contribution in [0.5, 0.6) is 0 Å². The highest BCUT2D eigenvalue weighted by Crippen LogP contribution is 2.21. The SMILES string of the molecule is NC(=O)c1cc(NCc2ccc(Cl)o2)ccc1Cl. The van der Waals surface area contributed by atoms with Crippen LogP contribution >= 0.6 is 23.2 Å². The van der Waals surface area contributed by atoms with Gasteiger partial charge in [-0.25, -0.2) is 0 Å². The summed E-state index contributed by atoms with van der Waals surface area (Å²) in [5.41, 5.74) is 6.21. The number of carbonyl (C=O) groups is 1. The molecule has 2 rings (SSSR count). The Balaban J connectivity index is 2.10. The number of amides is 1. The zero-order chi connectivity index (χ0) is 13.1. The summed E-state index contributed by atoms with van der Waals surface area (Å²) >= 11 is 11.5. The second-order valence-corrected chi connectivity index (χ2v) is 4.40. The van der Waals surface area contributed by atoms with Gasteiger partial charge in [0.1, 0.15) is 5.76 Å². The molecule has 1 heterocycles. The minimum absolute atomic E-state index is 0.277. The molecule has 0 aliphatic carbocycles. The van der Waals surface area contributed by atoms with Crippen LogP contribution in [-0.4, -0.2) is 5.91 Å². The summed E-state index contributed by atoms with van der Waals surface area (Å²) in [4.78, 5) is 11.1. The highest BCUT2D eigenvalue weighted by Gasteiger charge is 2.07. The number of halogens is 2. The Kier molecular flexibility index (Phi) is 3.79. The van der Waals surface area contributed by atoms with E-state index in [1.54, 1.807) is 30.3 Å². The van der Waals surface area contributed by atoms with Crippen LogP contribution in [0.3, 0.4) is 0 Å². The largest absolute Gasteiger partial charge is 0.448 e. The zero-order valence-electron chi connectivity index (χ0n) is 9.24. The lowest BCUT2D eigenvalue weighted by Gasteiger charge is -2.07. The molecule has 0 unspecified atom stereocenters. The second-order valence-electron chi connectivity index (χ2n) is 3.62.